The van der Waals surface area contributed by atoms with Crippen LogP contribution in [0.5, 0.6) is 0 Å². The van der Waals surface area contributed by atoms with Crippen LogP contribution in [-0.4, -0.2) is 8.07 Å². The third kappa shape index (κ3) is 3.84. The summed E-state index contributed by atoms with van der Waals surface area (Å²) in [7, 11) is -2.01. The van der Waals surface area contributed by atoms with E-state index in [4.69, 9.17) is 0 Å². The van der Waals surface area contributed by atoms with Crippen LogP contribution < -0.4 is 0 Å². The van der Waals surface area contributed by atoms with Gasteiger partial charge in [0.2, 0.25) is 0 Å². The smallest absolute Gasteiger partial charge is 0.0797 e. The normalized spacial score (nSPS) is 13.3. The van der Waals surface area contributed by atoms with E-state index in [1.807, 2.05) is 0 Å². The predicted octanol–water partition coefficient (Wildman–Crippen LogP) is 8.80. The Bertz CT molecular complexity index is 1150. The van der Waals surface area contributed by atoms with Gasteiger partial charge in [-0.15, -0.1) is 31.4 Å². The molecule has 6 rings (SSSR count). The summed E-state index contributed by atoms with van der Waals surface area (Å²) in [5, 5.41) is 0. The van der Waals surface area contributed by atoms with Gasteiger partial charge in [-0.3, -0.25) is 0 Å². The maximum absolute atomic E-state index is 4.25. The molecule has 0 nitrogen and oxygen atoms in total. The van der Waals surface area contributed by atoms with Crippen molar-refractivity contribution in [1.29, 1.82) is 0 Å². The van der Waals surface area contributed by atoms with E-state index in [0.29, 0.717) is 11.1 Å². The van der Waals surface area contributed by atoms with Crippen LogP contribution in [0, 0.1) is 0 Å². The maximum atomic E-state index is 4.25. The second-order valence-electron chi connectivity index (χ2n) is 9.21. The predicted molar refractivity (Wildman–Crippen MR) is 149 cm³/mol. The quantitative estimate of drug-likeness (QED) is 0.168. The molecule has 2 aliphatic rings. The van der Waals surface area contributed by atoms with Gasteiger partial charge in [0.25, 0.3) is 0 Å². The summed E-state index contributed by atoms with van der Waals surface area (Å²) in [5.74, 6) is 0. The summed E-state index contributed by atoms with van der Waals surface area (Å²) in [6.45, 7) is 6.87. The second kappa shape index (κ2) is 10.5. The van der Waals surface area contributed by atoms with E-state index in [1.165, 1.54) is 44.5 Å². The van der Waals surface area contributed by atoms with Crippen molar-refractivity contribution in [3.05, 3.63) is 132 Å². The molecule has 0 amide bonds. The molecular weight excluding hydrogens is 551 g/mol. The Kier molecular flexibility index (Phi) is 8.31. The summed E-state index contributed by atoms with van der Waals surface area (Å²) in [6.07, 6.45) is 2.19. The summed E-state index contributed by atoms with van der Waals surface area (Å²) in [6, 6.07) is 37.5. The van der Waals surface area contributed by atoms with Crippen LogP contribution in [0.2, 0.25) is 12.6 Å². The minimum absolute atomic E-state index is 0. The molecule has 0 bridgehead atoms. The van der Waals surface area contributed by atoms with Gasteiger partial charge in [0.1, 0.15) is 0 Å². The van der Waals surface area contributed by atoms with E-state index in [-0.39, 0.29) is 51.0 Å². The molecule has 4 aromatic rings. The van der Waals surface area contributed by atoms with Gasteiger partial charge in [0.15, 0.2) is 0 Å². The molecule has 0 fully saturated rings. The van der Waals surface area contributed by atoms with E-state index < -0.39 is 8.07 Å². The number of allylic oxidation sites excluding steroid dienone is 1. The van der Waals surface area contributed by atoms with Crippen LogP contribution >= 0.6 is 24.8 Å². The molecule has 4 aromatic carbocycles. The summed E-state index contributed by atoms with van der Waals surface area (Å²) in [5.41, 5.74) is 12.7. The molecule has 0 spiro atoms. The SMILES string of the molecule is C=CC[Si](C)(C1c2ccccc2-c2ccccc21)C1c2ccccc2-c2ccccc21.Cl.Cl.[Zr]. The molecule has 0 atom stereocenters. The van der Waals surface area contributed by atoms with E-state index in [2.05, 4.69) is 116 Å². The molecule has 0 radical (unpaired) electrons. The first-order valence-electron chi connectivity index (χ1n) is 11.2. The van der Waals surface area contributed by atoms with Crippen LogP contribution in [0.25, 0.3) is 22.3 Å². The van der Waals surface area contributed by atoms with Crippen molar-refractivity contribution in [3.8, 4) is 22.3 Å². The molecule has 170 valence electrons. The third-order valence-corrected chi connectivity index (χ3v) is 12.6. The van der Waals surface area contributed by atoms with E-state index in [1.54, 1.807) is 0 Å². The Balaban J connectivity index is 0.00000108. The Morgan fingerprint density at radius 2 is 0.853 bits per heavy atom. The standard InChI is InChI=1S/C30H26Si.2ClH.Zr/c1-3-20-31(2,29-25-16-8-4-12-21(25)22-13-5-9-17-26(22)29)30-27-18-10-6-14-23(27)24-15-7-11-19-28(24)30;;;/h3-19,29-30H,1,20H2,2H3;2*1H;. The Hall–Kier alpha value is -1.70. The van der Waals surface area contributed by atoms with Crippen molar-refractivity contribution in [2.24, 2.45) is 0 Å². The van der Waals surface area contributed by atoms with Crippen LogP contribution in [0.15, 0.2) is 110 Å². The van der Waals surface area contributed by atoms with Gasteiger partial charge in [-0.1, -0.05) is 110 Å². The van der Waals surface area contributed by atoms with Crippen LogP contribution in [0.3, 0.4) is 0 Å². The maximum Gasteiger partial charge on any atom is 0.0797 e. The average molecular weight is 579 g/mol. The Morgan fingerprint density at radius 1 is 0.588 bits per heavy atom. The Labute approximate surface area is 235 Å². The van der Waals surface area contributed by atoms with Gasteiger partial charge < -0.3 is 0 Å². The average Bonchev–Trinajstić information content (AvgIpc) is 3.33. The molecule has 0 aromatic heterocycles. The second-order valence-corrected chi connectivity index (χ2v) is 13.8. The molecule has 0 saturated heterocycles. The fraction of sp³-hybridized carbons (Fsp3) is 0.133. The first-order valence-corrected chi connectivity index (χ1v) is 14.1. The van der Waals surface area contributed by atoms with Crippen molar-refractivity contribution < 1.29 is 26.2 Å². The molecule has 4 heteroatoms. The molecular formula is C30H28Cl2SiZr. The van der Waals surface area contributed by atoms with E-state index in [0.717, 1.165) is 6.04 Å². The summed E-state index contributed by atoms with van der Waals surface area (Å²) >= 11 is 0. The molecule has 0 unspecified atom stereocenters. The van der Waals surface area contributed by atoms with Crippen LogP contribution in [-0.2, 0) is 26.2 Å². The first kappa shape index (κ1) is 26.9. The first-order chi connectivity index (χ1) is 15.2. The van der Waals surface area contributed by atoms with Crippen molar-refractivity contribution >= 4 is 32.9 Å². The zero-order valence-corrected chi connectivity index (χ0v) is 24.3. The van der Waals surface area contributed by atoms with Crippen molar-refractivity contribution in [1.82, 2.24) is 0 Å². The fourth-order valence-electron chi connectivity index (χ4n) is 6.45. The summed E-state index contributed by atoms with van der Waals surface area (Å²) < 4.78 is 0. The molecule has 0 aliphatic heterocycles. The molecule has 2 aliphatic carbocycles. The van der Waals surface area contributed by atoms with Crippen molar-refractivity contribution in [2.75, 3.05) is 0 Å². The summed E-state index contributed by atoms with van der Waals surface area (Å²) in [4.78, 5) is 0. The number of hydrogen-bond acceptors (Lipinski definition) is 0. The van der Waals surface area contributed by atoms with Gasteiger partial charge in [0, 0.05) is 37.3 Å². The topological polar surface area (TPSA) is 0 Å². The van der Waals surface area contributed by atoms with Gasteiger partial charge in [-0.05, 0) is 50.6 Å². The Morgan fingerprint density at radius 3 is 1.12 bits per heavy atom. The van der Waals surface area contributed by atoms with Gasteiger partial charge in [-0.25, -0.2) is 0 Å². The largest absolute Gasteiger partial charge is 0.147 e. The van der Waals surface area contributed by atoms with E-state index in [9.17, 15) is 0 Å². The number of rotatable bonds is 4. The number of hydrogen-bond donors (Lipinski definition) is 0. The zero-order valence-electron chi connectivity index (χ0n) is 19.2. The van der Waals surface area contributed by atoms with E-state index >= 15 is 0 Å². The van der Waals surface area contributed by atoms with Crippen LogP contribution in [0.1, 0.15) is 33.3 Å². The van der Waals surface area contributed by atoms with Crippen LogP contribution in [0.4, 0.5) is 0 Å². The number of halogens is 2. The molecule has 0 N–H and O–H groups in total. The van der Waals surface area contributed by atoms with Gasteiger partial charge >= 0.3 is 0 Å². The van der Waals surface area contributed by atoms with Gasteiger partial charge in [-0.2, -0.15) is 0 Å². The molecule has 34 heavy (non-hydrogen) atoms. The number of benzene rings is 4. The fourth-order valence-corrected chi connectivity index (χ4v) is 11.7. The van der Waals surface area contributed by atoms with Gasteiger partial charge in [0.05, 0.1) is 8.07 Å². The minimum Gasteiger partial charge on any atom is -0.147 e. The zero-order chi connectivity index (χ0) is 21.0. The third-order valence-electron chi connectivity index (χ3n) is 7.57. The molecule has 0 heterocycles. The van der Waals surface area contributed by atoms with Crippen molar-refractivity contribution in [3.63, 3.8) is 0 Å². The number of fused-ring (bicyclic) bond motifs is 6. The monoisotopic (exact) mass is 576 g/mol. The molecule has 0 saturated carbocycles. The van der Waals surface area contributed by atoms with Crippen molar-refractivity contribution in [2.45, 2.75) is 23.7 Å². The minimum atomic E-state index is -2.01.